The molecular weight excluding hydrogens is 428 g/mol. The Labute approximate surface area is 188 Å². The fraction of sp³-hybridized carbons (Fsp3) is 0.333. The summed E-state index contributed by atoms with van der Waals surface area (Å²) >= 11 is 0. The second kappa shape index (κ2) is 10.4. The van der Waals surface area contributed by atoms with E-state index < -0.39 is 21.3 Å². The largest absolute Gasteiger partial charge is 0.354 e. The van der Waals surface area contributed by atoms with Crippen molar-refractivity contribution in [3.8, 4) is 11.8 Å². The third-order valence-electron chi connectivity index (χ3n) is 5.28. The average Bonchev–Trinajstić information content (AvgIpc) is 2.74. The van der Waals surface area contributed by atoms with Gasteiger partial charge in [-0.1, -0.05) is 61.9 Å². The van der Waals surface area contributed by atoms with E-state index in [0.717, 1.165) is 16.7 Å². The van der Waals surface area contributed by atoms with Crippen molar-refractivity contribution in [3.05, 3.63) is 65.2 Å². The number of para-hydroxylation sites is 1. The van der Waals surface area contributed by atoms with Gasteiger partial charge in [0.2, 0.25) is 11.8 Å². The second-order valence-electron chi connectivity index (χ2n) is 7.59. The first-order valence-corrected chi connectivity index (χ1v) is 12.0. The Morgan fingerprint density at radius 2 is 1.75 bits per heavy atom. The van der Waals surface area contributed by atoms with Gasteiger partial charge in [-0.2, -0.15) is 8.42 Å². The highest BCUT2D eigenvalue weighted by Crippen LogP contribution is 2.25. The molecule has 1 aliphatic heterocycles. The van der Waals surface area contributed by atoms with Crippen LogP contribution in [0.2, 0.25) is 0 Å². The number of carbonyl (C=O) groups excluding carboxylic acids is 2. The van der Waals surface area contributed by atoms with Crippen molar-refractivity contribution in [2.24, 2.45) is 0 Å². The lowest BCUT2D eigenvalue weighted by Crippen LogP contribution is -2.41. The molecular formula is C24H26N2O5S. The van der Waals surface area contributed by atoms with Crippen LogP contribution >= 0.6 is 0 Å². The Hall–Kier alpha value is -3.15. The average molecular weight is 455 g/mol. The van der Waals surface area contributed by atoms with Crippen LogP contribution in [0, 0.1) is 11.8 Å². The summed E-state index contributed by atoms with van der Waals surface area (Å²) in [6, 6.07) is 15.0. The fourth-order valence-corrected chi connectivity index (χ4v) is 4.37. The molecule has 1 aliphatic rings. The van der Waals surface area contributed by atoms with Crippen LogP contribution in [0.15, 0.2) is 48.5 Å². The van der Waals surface area contributed by atoms with E-state index in [9.17, 15) is 22.6 Å². The summed E-state index contributed by atoms with van der Waals surface area (Å²) in [4.78, 5) is 27.1. The molecule has 8 heteroatoms. The molecule has 2 aromatic rings. The minimum atomic E-state index is -4.51. The van der Waals surface area contributed by atoms with Crippen molar-refractivity contribution < 1.29 is 22.6 Å². The highest BCUT2D eigenvalue weighted by Gasteiger charge is 2.30. The van der Waals surface area contributed by atoms with Gasteiger partial charge in [0.25, 0.3) is 10.1 Å². The molecule has 2 N–H and O–H groups in total. The molecule has 1 heterocycles. The van der Waals surface area contributed by atoms with E-state index in [4.69, 9.17) is 0 Å². The first-order chi connectivity index (χ1) is 15.3. The molecule has 7 nitrogen and oxygen atoms in total. The number of rotatable bonds is 8. The number of hydrogen-bond acceptors (Lipinski definition) is 4. The van der Waals surface area contributed by atoms with Crippen molar-refractivity contribution >= 4 is 27.6 Å². The number of benzene rings is 2. The van der Waals surface area contributed by atoms with Crippen LogP contribution in [0.1, 0.15) is 49.3 Å². The lowest BCUT2D eigenvalue weighted by Gasteiger charge is -2.26. The standard InChI is InChI=1S/C24H26N2O5S/c1-2-3-12-22(32(29,30)31)24(28)25-16-15-23(27)26-17-20-10-5-4-8-18(20)13-14-19-9-6-7-11-21(19)26/h4-11,22H,2-3,12,15-17H2,1H3,(H,25,28)(H,29,30,31). The summed E-state index contributed by atoms with van der Waals surface area (Å²) in [5, 5.41) is 0.960. The van der Waals surface area contributed by atoms with Crippen molar-refractivity contribution in [2.75, 3.05) is 11.4 Å². The van der Waals surface area contributed by atoms with Gasteiger partial charge in [0, 0.05) is 24.1 Å². The van der Waals surface area contributed by atoms with Crippen LogP contribution in [0.4, 0.5) is 5.69 Å². The molecule has 2 amide bonds. The van der Waals surface area contributed by atoms with Crippen LogP contribution in [0.3, 0.4) is 0 Å². The summed E-state index contributed by atoms with van der Waals surface area (Å²) in [5.74, 6) is 5.26. The Bertz CT molecular complexity index is 1160. The van der Waals surface area contributed by atoms with Crippen LogP contribution < -0.4 is 10.2 Å². The molecule has 0 saturated heterocycles. The predicted octanol–water partition coefficient (Wildman–Crippen LogP) is 2.89. The van der Waals surface area contributed by atoms with Gasteiger partial charge in [-0.3, -0.25) is 14.1 Å². The zero-order valence-electron chi connectivity index (χ0n) is 17.9. The van der Waals surface area contributed by atoms with Gasteiger partial charge < -0.3 is 10.2 Å². The van der Waals surface area contributed by atoms with E-state index >= 15 is 0 Å². The predicted molar refractivity (Wildman–Crippen MR) is 123 cm³/mol. The molecule has 0 spiro atoms. The molecule has 0 fully saturated rings. The molecule has 1 atom stereocenters. The van der Waals surface area contributed by atoms with Gasteiger partial charge in [0.05, 0.1) is 12.2 Å². The number of hydrogen-bond donors (Lipinski definition) is 2. The van der Waals surface area contributed by atoms with Crippen molar-refractivity contribution in [1.82, 2.24) is 5.32 Å². The van der Waals surface area contributed by atoms with Crippen LogP contribution in [0.5, 0.6) is 0 Å². The van der Waals surface area contributed by atoms with Crippen molar-refractivity contribution in [3.63, 3.8) is 0 Å². The van der Waals surface area contributed by atoms with E-state index in [1.807, 2.05) is 55.5 Å². The maximum Gasteiger partial charge on any atom is 0.276 e. The Balaban J connectivity index is 1.74. The SMILES string of the molecule is CCCCC(C(=O)NCCC(=O)N1Cc2ccccc2C#Cc2ccccc21)S(=O)(=O)O. The lowest BCUT2D eigenvalue weighted by molar-refractivity contribution is -0.121. The smallest absolute Gasteiger partial charge is 0.276 e. The van der Waals surface area contributed by atoms with Crippen LogP contribution in [-0.2, 0) is 26.3 Å². The number of carbonyl (C=O) groups is 2. The molecule has 0 aliphatic carbocycles. The first kappa shape index (κ1) is 23.5. The molecule has 32 heavy (non-hydrogen) atoms. The first-order valence-electron chi connectivity index (χ1n) is 10.5. The van der Waals surface area contributed by atoms with Gasteiger partial charge in [0.15, 0.2) is 5.25 Å². The number of fused-ring (bicyclic) bond motifs is 2. The molecule has 0 radical (unpaired) electrons. The lowest BCUT2D eigenvalue weighted by atomic mass is 10.0. The zero-order chi connectivity index (χ0) is 23.1. The number of amides is 2. The summed E-state index contributed by atoms with van der Waals surface area (Å²) in [7, 11) is -4.51. The third kappa shape index (κ3) is 5.75. The van der Waals surface area contributed by atoms with E-state index in [2.05, 4.69) is 17.2 Å². The summed E-state index contributed by atoms with van der Waals surface area (Å²) in [5.41, 5.74) is 3.17. The number of nitrogens with zero attached hydrogens (tertiary/aromatic N) is 1. The summed E-state index contributed by atoms with van der Waals surface area (Å²) in [6.07, 6.45) is 1.18. The van der Waals surface area contributed by atoms with Gasteiger partial charge >= 0.3 is 0 Å². The minimum Gasteiger partial charge on any atom is -0.354 e. The number of unbranched alkanes of at least 4 members (excludes halogenated alkanes) is 1. The molecule has 1 unspecified atom stereocenters. The van der Waals surface area contributed by atoms with Crippen molar-refractivity contribution in [1.29, 1.82) is 0 Å². The molecule has 0 saturated carbocycles. The fourth-order valence-electron chi connectivity index (χ4n) is 3.55. The van der Waals surface area contributed by atoms with E-state index in [1.54, 1.807) is 4.90 Å². The maximum absolute atomic E-state index is 13.1. The van der Waals surface area contributed by atoms with Gasteiger partial charge in [-0.05, 0) is 30.2 Å². The topological polar surface area (TPSA) is 104 Å². The monoisotopic (exact) mass is 454 g/mol. The summed E-state index contributed by atoms with van der Waals surface area (Å²) in [6.45, 7) is 2.15. The maximum atomic E-state index is 13.1. The minimum absolute atomic E-state index is 0.0261. The molecule has 168 valence electrons. The van der Waals surface area contributed by atoms with Crippen LogP contribution in [0.25, 0.3) is 0 Å². The van der Waals surface area contributed by atoms with Crippen molar-refractivity contribution in [2.45, 2.75) is 44.4 Å². The van der Waals surface area contributed by atoms with Crippen LogP contribution in [-0.4, -0.2) is 36.6 Å². The second-order valence-corrected chi connectivity index (χ2v) is 9.19. The van der Waals surface area contributed by atoms with E-state index in [0.29, 0.717) is 25.1 Å². The normalized spacial score (nSPS) is 13.5. The number of nitrogens with one attached hydrogen (secondary N) is 1. The third-order valence-corrected chi connectivity index (χ3v) is 6.45. The Kier molecular flexibility index (Phi) is 7.67. The molecule has 0 bridgehead atoms. The quantitative estimate of drug-likeness (QED) is 0.472. The molecule has 3 rings (SSSR count). The van der Waals surface area contributed by atoms with Gasteiger partial charge in [0.1, 0.15) is 0 Å². The number of anilines is 1. The molecule has 0 aromatic heterocycles. The van der Waals surface area contributed by atoms with E-state index in [-0.39, 0.29) is 25.3 Å². The van der Waals surface area contributed by atoms with E-state index in [1.165, 1.54) is 0 Å². The summed E-state index contributed by atoms with van der Waals surface area (Å²) < 4.78 is 32.5. The Morgan fingerprint density at radius 1 is 1.09 bits per heavy atom. The zero-order valence-corrected chi connectivity index (χ0v) is 18.7. The van der Waals surface area contributed by atoms with Gasteiger partial charge in [-0.25, -0.2) is 0 Å². The van der Waals surface area contributed by atoms with Gasteiger partial charge in [-0.15, -0.1) is 0 Å². The highest BCUT2D eigenvalue weighted by atomic mass is 32.2. The Morgan fingerprint density at radius 3 is 2.47 bits per heavy atom. The molecule has 2 aromatic carbocycles. The highest BCUT2D eigenvalue weighted by molar-refractivity contribution is 7.87.